The van der Waals surface area contributed by atoms with Crippen LogP contribution in [0.3, 0.4) is 0 Å². The van der Waals surface area contributed by atoms with Gasteiger partial charge in [0.1, 0.15) is 0 Å². The van der Waals surface area contributed by atoms with Crippen LogP contribution < -0.4 is 4.90 Å². The minimum atomic E-state index is 0.830. The summed E-state index contributed by atoms with van der Waals surface area (Å²) in [5, 5.41) is 0. The molecule has 2 heterocycles. The van der Waals surface area contributed by atoms with E-state index in [1.165, 1.54) is 4.88 Å². The molecule has 3 rings (SSSR count). The van der Waals surface area contributed by atoms with Gasteiger partial charge in [-0.1, -0.05) is 12.1 Å². The molecule has 1 aromatic carbocycles. The molecule has 3 aromatic rings. The van der Waals surface area contributed by atoms with Crippen molar-refractivity contribution in [2.45, 2.75) is 13.5 Å². The van der Waals surface area contributed by atoms with Crippen LogP contribution in [0.5, 0.6) is 0 Å². The maximum absolute atomic E-state index is 4.58. The molecular weight excluding hydrogens is 244 g/mol. The molecule has 0 aliphatic heterocycles. The number of anilines is 1. The van der Waals surface area contributed by atoms with Crippen LogP contribution in [0.25, 0.3) is 11.0 Å². The van der Waals surface area contributed by atoms with Crippen LogP contribution in [-0.2, 0) is 6.54 Å². The zero-order valence-corrected chi connectivity index (χ0v) is 11.2. The third-order valence-corrected chi connectivity index (χ3v) is 3.88. The van der Waals surface area contributed by atoms with Crippen LogP contribution in [0.1, 0.15) is 10.6 Å². The molecule has 2 aromatic heterocycles. The number of thiazole rings is 1. The maximum atomic E-state index is 4.58. The molecule has 0 bridgehead atoms. The second-order valence-electron chi connectivity index (χ2n) is 4.29. The SMILES string of the molecule is Cc1ncsc1CN(C)c1nc2ccccc2[nH]1. The van der Waals surface area contributed by atoms with Crippen LogP contribution in [0, 0.1) is 6.92 Å². The summed E-state index contributed by atoms with van der Waals surface area (Å²) in [4.78, 5) is 15.6. The number of nitrogens with one attached hydrogen (secondary N) is 1. The van der Waals surface area contributed by atoms with E-state index in [2.05, 4.69) is 19.9 Å². The summed E-state index contributed by atoms with van der Waals surface area (Å²) in [5.74, 6) is 0.893. The first kappa shape index (κ1) is 11.2. The Morgan fingerprint density at radius 2 is 2.17 bits per heavy atom. The van der Waals surface area contributed by atoms with Gasteiger partial charge in [0, 0.05) is 11.9 Å². The van der Waals surface area contributed by atoms with Crippen molar-refractivity contribution in [1.29, 1.82) is 0 Å². The molecular formula is C13H14N4S. The van der Waals surface area contributed by atoms with Gasteiger partial charge in [0.25, 0.3) is 0 Å². The first-order valence-electron chi connectivity index (χ1n) is 5.79. The molecule has 0 fully saturated rings. The second kappa shape index (κ2) is 4.42. The predicted molar refractivity (Wildman–Crippen MR) is 75.1 cm³/mol. The second-order valence-corrected chi connectivity index (χ2v) is 5.23. The van der Waals surface area contributed by atoms with E-state index in [-0.39, 0.29) is 0 Å². The number of benzene rings is 1. The van der Waals surface area contributed by atoms with Crippen LogP contribution in [0.2, 0.25) is 0 Å². The Balaban J connectivity index is 1.88. The molecule has 92 valence electrons. The summed E-state index contributed by atoms with van der Waals surface area (Å²) in [5.41, 5.74) is 5.06. The average Bonchev–Trinajstić information content (AvgIpc) is 2.96. The number of nitrogens with zero attached hydrogens (tertiary/aromatic N) is 3. The lowest BCUT2D eigenvalue weighted by molar-refractivity contribution is 0.888. The number of hydrogen-bond donors (Lipinski definition) is 1. The molecule has 0 amide bonds. The maximum Gasteiger partial charge on any atom is 0.203 e. The Hall–Kier alpha value is -1.88. The largest absolute Gasteiger partial charge is 0.340 e. The van der Waals surface area contributed by atoms with Crippen molar-refractivity contribution in [3.8, 4) is 0 Å². The Kier molecular flexibility index (Phi) is 2.76. The number of H-pyrrole nitrogens is 1. The molecule has 0 aliphatic carbocycles. The number of hydrogen-bond acceptors (Lipinski definition) is 4. The number of aryl methyl sites for hydroxylation is 1. The molecule has 0 unspecified atom stereocenters. The van der Waals surface area contributed by atoms with E-state index < -0.39 is 0 Å². The zero-order chi connectivity index (χ0) is 12.5. The van der Waals surface area contributed by atoms with Gasteiger partial charge >= 0.3 is 0 Å². The molecule has 1 N–H and O–H groups in total. The van der Waals surface area contributed by atoms with Gasteiger partial charge < -0.3 is 9.88 Å². The topological polar surface area (TPSA) is 44.8 Å². The van der Waals surface area contributed by atoms with Crippen LogP contribution in [-0.4, -0.2) is 22.0 Å². The first-order chi connectivity index (χ1) is 8.74. The highest BCUT2D eigenvalue weighted by Crippen LogP contribution is 2.20. The summed E-state index contributed by atoms with van der Waals surface area (Å²) in [6.45, 7) is 2.87. The Labute approximate surface area is 109 Å². The number of aromatic nitrogens is 3. The van der Waals surface area contributed by atoms with Crippen molar-refractivity contribution >= 4 is 28.3 Å². The highest BCUT2D eigenvalue weighted by atomic mass is 32.1. The van der Waals surface area contributed by atoms with E-state index in [1.807, 2.05) is 43.7 Å². The molecule has 0 radical (unpaired) electrons. The minimum Gasteiger partial charge on any atom is -0.340 e. The van der Waals surface area contributed by atoms with E-state index >= 15 is 0 Å². The molecule has 0 aliphatic rings. The van der Waals surface area contributed by atoms with Gasteiger partial charge in [0.2, 0.25) is 5.95 Å². The molecule has 4 nitrogen and oxygen atoms in total. The highest BCUT2D eigenvalue weighted by molar-refractivity contribution is 7.09. The van der Waals surface area contributed by atoms with Crippen molar-refractivity contribution in [2.75, 3.05) is 11.9 Å². The standard InChI is InChI=1S/C13H14N4S/c1-9-12(18-8-14-9)7-17(2)13-15-10-5-3-4-6-11(10)16-13/h3-6,8H,7H2,1-2H3,(H,15,16). The fourth-order valence-corrected chi connectivity index (χ4v) is 2.72. The van der Waals surface area contributed by atoms with E-state index in [0.717, 1.165) is 29.2 Å². The van der Waals surface area contributed by atoms with Crippen molar-refractivity contribution in [3.63, 3.8) is 0 Å². The Bertz CT molecular complexity index is 637. The molecule has 5 heteroatoms. The van der Waals surface area contributed by atoms with Gasteiger partial charge in [0.05, 0.1) is 28.8 Å². The molecule has 0 saturated heterocycles. The fraction of sp³-hybridized carbons (Fsp3) is 0.231. The van der Waals surface area contributed by atoms with Crippen molar-refractivity contribution < 1.29 is 0 Å². The molecule has 0 spiro atoms. The molecule has 0 saturated carbocycles. The lowest BCUT2D eigenvalue weighted by atomic mass is 10.3. The fourth-order valence-electron chi connectivity index (χ4n) is 1.89. The summed E-state index contributed by atoms with van der Waals surface area (Å²) in [6.07, 6.45) is 0. The lowest BCUT2D eigenvalue weighted by Gasteiger charge is -2.14. The van der Waals surface area contributed by atoms with E-state index in [0.29, 0.717) is 0 Å². The first-order valence-corrected chi connectivity index (χ1v) is 6.67. The highest BCUT2D eigenvalue weighted by Gasteiger charge is 2.10. The molecule has 0 atom stereocenters. The van der Waals surface area contributed by atoms with E-state index in [9.17, 15) is 0 Å². The van der Waals surface area contributed by atoms with Crippen molar-refractivity contribution in [1.82, 2.24) is 15.0 Å². The van der Waals surface area contributed by atoms with Gasteiger partial charge in [0.15, 0.2) is 0 Å². The average molecular weight is 258 g/mol. The van der Waals surface area contributed by atoms with Crippen LogP contribution in [0.4, 0.5) is 5.95 Å². The van der Waals surface area contributed by atoms with Gasteiger partial charge in [-0.05, 0) is 19.1 Å². The smallest absolute Gasteiger partial charge is 0.203 e. The number of aromatic amines is 1. The Morgan fingerprint density at radius 1 is 1.33 bits per heavy atom. The minimum absolute atomic E-state index is 0.830. The van der Waals surface area contributed by atoms with Crippen LogP contribution in [0.15, 0.2) is 29.8 Å². The number of fused-ring (bicyclic) bond motifs is 1. The lowest BCUT2D eigenvalue weighted by Crippen LogP contribution is -2.17. The third-order valence-electron chi connectivity index (χ3n) is 2.96. The normalized spacial score (nSPS) is 11.0. The summed E-state index contributed by atoms with van der Waals surface area (Å²) >= 11 is 1.68. The predicted octanol–water partition coefficient (Wildman–Crippen LogP) is 2.96. The zero-order valence-electron chi connectivity index (χ0n) is 10.3. The number of para-hydroxylation sites is 2. The molecule has 18 heavy (non-hydrogen) atoms. The van der Waals surface area contributed by atoms with Gasteiger partial charge in [-0.25, -0.2) is 9.97 Å². The Morgan fingerprint density at radius 3 is 2.89 bits per heavy atom. The van der Waals surface area contributed by atoms with E-state index in [4.69, 9.17) is 0 Å². The summed E-state index contributed by atoms with van der Waals surface area (Å²) in [7, 11) is 2.04. The van der Waals surface area contributed by atoms with Crippen molar-refractivity contribution in [3.05, 3.63) is 40.3 Å². The van der Waals surface area contributed by atoms with Gasteiger partial charge in [-0.2, -0.15) is 0 Å². The monoisotopic (exact) mass is 258 g/mol. The van der Waals surface area contributed by atoms with Crippen molar-refractivity contribution in [2.24, 2.45) is 0 Å². The van der Waals surface area contributed by atoms with Gasteiger partial charge in [-0.15, -0.1) is 11.3 Å². The summed E-state index contributed by atoms with van der Waals surface area (Å²) < 4.78 is 0. The third kappa shape index (κ3) is 1.97. The van der Waals surface area contributed by atoms with Gasteiger partial charge in [-0.3, -0.25) is 0 Å². The number of imidazole rings is 1. The van der Waals surface area contributed by atoms with E-state index in [1.54, 1.807) is 11.3 Å². The van der Waals surface area contributed by atoms with Crippen LogP contribution >= 0.6 is 11.3 Å². The summed E-state index contributed by atoms with van der Waals surface area (Å²) in [6, 6.07) is 8.07. The quantitative estimate of drug-likeness (QED) is 0.785. The number of rotatable bonds is 3.